The molecule has 24 heavy (non-hydrogen) atoms. The molecule has 128 valence electrons. The van der Waals surface area contributed by atoms with Crippen LogP contribution >= 0.6 is 0 Å². The van der Waals surface area contributed by atoms with Crippen LogP contribution in [0.3, 0.4) is 0 Å². The summed E-state index contributed by atoms with van der Waals surface area (Å²) in [6.07, 6.45) is -0.890. The van der Waals surface area contributed by atoms with Crippen LogP contribution in [0.2, 0.25) is 0 Å². The van der Waals surface area contributed by atoms with E-state index in [1.165, 1.54) is 6.92 Å². The summed E-state index contributed by atoms with van der Waals surface area (Å²) in [5.74, 6) is -1.28. The van der Waals surface area contributed by atoms with Gasteiger partial charge in [0.1, 0.15) is 17.9 Å². The Bertz CT molecular complexity index is 867. The zero-order valence-electron chi connectivity index (χ0n) is 13.9. The average Bonchev–Trinajstić information content (AvgIpc) is 2.53. The molecule has 0 spiro atoms. The Morgan fingerprint density at radius 1 is 1.21 bits per heavy atom. The number of nitrogens with one attached hydrogen (secondary N) is 1. The van der Waals surface area contributed by atoms with Crippen molar-refractivity contribution < 1.29 is 23.8 Å². The number of hydrogen-bond donors (Lipinski definition) is 2. The van der Waals surface area contributed by atoms with E-state index in [9.17, 15) is 14.4 Å². The van der Waals surface area contributed by atoms with Gasteiger partial charge >= 0.3 is 11.6 Å². The number of rotatable bonds is 5. The van der Waals surface area contributed by atoms with Gasteiger partial charge in [-0.2, -0.15) is 0 Å². The van der Waals surface area contributed by atoms with Gasteiger partial charge in [-0.05, 0) is 45.4 Å². The molecule has 0 aliphatic carbocycles. The van der Waals surface area contributed by atoms with Gasteiger partial charge in [0.05, 0.1) is 0 Å². The van der Waals surface area contributed by atoms with Crippen molar-refractivity contribution in [1.82, 2.24) is 5.32 Å². The molecule has 0 radical (unpaired) electrons. The highest BCUT2D eigenvalue weighted by Gasteiger charge is 2.18. The third kappa shape index (κ3) is 3.40. The summed E-state index contributed by atoms with van der Waals surface area (Å²) >= 11 is 0. The first-order valence-corrected chi connectivity index (χ1v) is 7.42. The number of benzene rings is 1. The number of fused-ring (bicyclic) bond motifs is 1. The Morgan fingerprint density at radius 3 is 2.50 bits per heavy atom. The zero-order chi connectivity index (χ0) is 18.0. The summed E-state index contributed by atoms with van der Waals surface area (Å²) in [5.41, 5.74) is 2.00. The molecular formula is C17H19NO6. The number of hydrogen-bond acceptors (Lipinski definition) is 5. The minimum absolute atomic E-state index is 0.395. The van der Waals surface area contributed by atoms with Crippen molar-refractivity contribution in [2.24, 2.45) is 0 Å². The Balaban J connectivity index is 2.32. The molecule has 2 rings (SSSR count). The minimum Gasteiger partial charge on any atom is -0.480 e. The van der Waals surface area contributed by atoms with Gasteiger partial charge in [0.25, 0.3) is 5.91 Å². The van der Waals surface area contributed by atoms with E-state index in [1.54, 1.807) is 26.0 Å². The Hall–Kier alpha value is -2.83. The van der Waals surface area contributed by atoms with E-state index in [1.807, 2.05) is 6.92 Å². The van der Waals surface area contributed by atoms with E-state index >= 15 is 0 Å². The van der Waals surface area contributed by atoms with Gasteiger partial charge in [-0.25, -0.2) is 4.79 Å². The van der Waals surface area contributed by atoms with Crippen LogP contribution < -0.4 is 15.7 Å². The second-order valence-corrected chi connectivity index (χ2v) is 5.58. The van der Waals surface area contributed by atoms with Crippen molar-refractivity contribution >= 4 is 22.8 Å². The first-order chi connectivity index (χ1) is 11.2. The van der Waals surface area contributed by atoms with Crippen molar-refractivity contribution in [2.45, 2.75) is 33.8 Å². The molecule has 0 fully saturated rings. The number of carboxylic acids is 1. The Kier molecular flexibility index (Phi) is 4.92. The lowest BCUT2D eigenvalue weighted by Gasteiger charge is -2.17. The van der Waals surface area contributed by atoms with Crippen LogP contribution in [-0.4, -0.2) is 29.6 Å². The molecule has 7 nitrogen and oxygen atoms in total. The van der Waals surface area contributed by atoms with Gasteiger partial charge in [-0.3, -0.25) is 9.59 Å². The van der Waals surface area contributed by atoms with Gasteiger partial charge in [0, 0.05) is 16.5 Å². The van der Waals surface area contributed by atoms with Gasteiger partial charge in [-0.1, -0.05) is 0 Å². The molecule has 0 aliphatic rings. The number of ether oxygens (including phenoxy) is 1. The summed E-state index contributed by atoms with van der Waals surface area (Å²) < 4.78 is 10.9. The number of carbonyl (C=O) groups excluding carboxylic acids is 1. The van der Waals surface area contributed by atoms with Crippen molar-refractivity contribution in [3.8, 4) is 5.75 Å². The zero-order valence-corrected chi connectivity index (χ0v) is 13.9. The molecule has 0 aliphatic heterocycles. The molecule has 2 N–H and O–H groups in total. The summed E-state index contributed by atoms with van der Waals surface area (Å²) in [7, 11) is 0. The standard InChI is InChI=1S/C17H19NO6/c1-8-9(2)17(22)24-15-10(3)13(6-5-12(8)15)23-11(4)16(21)18-7-14(19)20/h5-6,11H,7H2,1-4H3,(H,18,21)(H,19,20)/t11-/m0/s1. The Labute approximate surface area is 138 Å². The molecular weight excluding hydrogens is 314 g/mol. The maximum absolute atomic E-state index is 11.9. The van der Waals surface area contributed by atoms with Gasteiger partial charge in [0.2, 0.25) is 0 Å². The van der Waals surface area contributed by atoms with Gasteiger partial charge in [-0.15, -0.1) is 0 Å². The molecule has 1 aromatic carbocycles. The topological polar surface area (TPSA) is 106 Å². The van der Waals surface area contributed by atoms with Crippen molar-refractivity contribution in [3.63, 3.8) is 0 Å². The predicted octanol–water partition coefficient (Wildman–Crippen LogP) is 1.69. The molecule has 2 aromatic rings. The second-order valence-electron chi connectivity index (χ2n) is 5.58. The van der Waals surface area contributed by atoms with Crippen LogP contribution in [0.4, 0.5) is 0 Å². The number of carboxylic acid groups (broad SMARTS) is 1. The van der Waals surface area contributed by atoms with Crippen LogP contribution in [0.5, 0.6) is 5.75 Å². The van der Waals surface area contributed by atoms with Crippen molar-refractivity contribution in [3.05, 3.63) is 39.2 Å². The fourth-order valence-corrected chi connectivity index (χ4v) is 2.30. The molecule has 0 bridgehead atoms. The summed E-state index contributed by atoms with van der Waals surface area (Å²) in [6.45, 7) is 6.32. The molecule has 7 heteroatoms. The van der Waals surface area contributed by atoms with E-state index in [0.29, 0.717) is 22.5 Å². The summed E-state index contributed by atoms with van der Waals surface area (Å²) in [5, 5.41) is 11.6. The third-order valence-electron chi connectivity index (χ3n) is 3.91. The smallest absolute Gasteiger partial charge is 0.339 e. The van der Waals surface area contributed by atoms with Crippen LogP contribution in [0.1, 0.15) is 23.6 Å². The maximum Gasteiger partial charge on any atom is 0.339 e. The number of aryl methyl sites for hydroxylation is 2. The van der Waals surface area contributed by atoms with Crippen molar-refractivity contribution in [2.75, 3.05) is 6.54 Å². The monoisotopic (exact) mass is 333 g/mol. The van der Waals surface area contributed by atoms with E-state index in [4.69, 9.17) is 14.3 Å². The molecule has 0 saturated heterocycles. The van der Waals surface area contributed by atoms with E-state index < -0.39 is 30.2 Å². The fraction of sp³-hybridized carbons (Fsp3) is 0.353. The molecule has 1 aromatic heterocycles. The van der Waals surface area contributed by atoms with Gasteiger partial charge < -0.3 is 19.6 Å². The quantitative estimate of drug-likeness (QED) is 0.807. The first kappa shape index (κ1) is 17.5. The summed E-state index contributed by atoms with van der Waals surface area (Å²) in [6, 6.07) is 3.47. The second kappa shape index (κ2) is 6.74. The highest BCUT2D eigenvalue weighted by Crippen LogP contribution is 2.29. The number of aliphatic carboxylic acids is 1. The Morgan fingerprint density at radius 2 is 1.88 bits per heavy atom. The lowest BCUT2D eigenvalue weighted by atomic mass is 10.0. The average molecular weight is 333 g/mol. The van der Waals surface area contributed by atoms with E-state index in [0.717, 1.165) is 10.9 Å². The highest BCUT2D eigenvalue weighted by atomic mass is 16.5. The molecule has 0 saturated carbocycles. The lowest BCUT2D eigenvalue weighted by Crippen LogP contribution is -2.39. The lowest BCUT2D eigenvalue weighted by molar-refractivity contribution is -0.139. The highest BCUT2D eigenvalue weighted by molar-refractivity contribution is 5.86. The largest absolute Gasteiger partial charge is 0.480 e. The molecule has 1 heterocycles. The van der Waals surface area contributed by atoms with Crippen LogP contribution in [-0.2, 0) is 9.59 Å². The minimum atomic E-state index is -1.13. The van der Waals surface area contributed by atoms with Crippen LogP contribution in [0.15, 0.2) is 21.3 Å². The van der Waals surface area contributed by atoms with Crippen LogP contribution in [0, 0.1) is 20.8 Å². The van der Waals surface area contributed by atoms with Crippen molar-refractivity contribution in [1.29, 1.82) is 0 Å². The fourth-order valence-electron chi connectivity index (χ4n) is 2.30. The molecule has 1 amide bonds. The third-order valence-corrected chi connectivity index (χ3v) is 3.91. The van der Waals surface area contributed by atoms with E-state index in [2.05, 4.69) is 5.32 Å². The van der Waals surface area contributed by atoms with Gasteiger partial charge in [0.15, 0.2) is 6.10 Å². The first-order valence-electron chi connectivity index (χ1n) is 7.42. The van der Waals surface area contributed by atoms with Crippen LogP contribution in [0.25, 0.3) is 11.0 Å². The number of carbonyl (C=O) groups is 2. The predicted molar refractivity (Wildman–Crippen MR) is 87.4 cm³/mol. The SMILES string of the molecule is Cc1c(C)c2ccc(O[C@@H](C)C(=O)NCC(=O)O)c(C)c2oc1=O. The normalized spacial score (nSPS) is 12.0. The molecule has 1 atom stereocenters. The van der Waals surface area contributed by atoms with E-state index in [-0.39, 0.29) is 0 Å². The molecule has 0 unspecified atom stereocenters. The maximum atomic E-state index is 11.9. The number of amides is 1. The summed E-state index contributed by atoms with van der Waals surface area (Å²) in [4.78, 5) is 34.2.